The van der Waals surface area contributed by atoms with Crippen molar-refractivity contribution in [2.24, 2.45) is 0 Å². The van der Waals surface area contributed by atoms with Crippen molar-refractivity contribution in [1.29, 1.82) is 0 Å². The van der Waals surface area contributed by atoms with E-state index in [4.69, 9.17) is 0 Å². The number of halogens is 1. The van der Waals surface area contributed by atoms with Crippen LogP contribution in [-0.2, 0) is 0 Å². The van der Waals surface area contributed by atoms with Gasteiger partial charge in [0.15, 0.2) is 24.4 Å². The number of benzene rings is 1. The first-order valence-corrected chi connectivity index (χ1v) is 6.10. The molecule has 0 radical (unpaired) electrons. The molecule has 1 aromatic carbocycles. The van der Waals surface area contributed by atoms with Gasteiger partial charge in [0.2, 0.25) is 0 Å². The predicted octanol–water partition coefficient (Wildman–Crippen LogP) is 2.16. The van der Waals surface area contributed by atoms with Crippen molar-refractivity contribution in [1.82, 2.24) is 0 Å². The number of aromatic nitrogens is 1. The van der Waals surface area contributed by atoms with Gasteiger partial charge in [-0.15, -0.1) is 0 Å². The predicted molar refractivity (Wildman–Crippen MR) is 69.9 cm³/mol. The van der Waals surface area contributed by atoms with Gasteiger partial charge in [-0.1, -0.05) is 22.0 Å². The van der Waals surface area contributed by atoms with Gasteiger partial charge in [0.05, 0.1) is 6.08 Å². The van der Waals surface area contributed by atoms with Crippen molar-refractivity contribution in [2.45, 2.75) is 0 Å². The van der Waals surface area contributed by atoms with Crippen LogP contribution >= 0.6 is 15.9 Å². The fourth-order valence-corrected chi connectivity index (χ4v) is 1.69. The van der Waals surface area contributed by atoms with Gasteiger partial charge in [-0.3, -0.25) is 4.79 Å². The van der Waals surface area contributed by atoms with Crippen LogP contribution in [0, 0.1) is 0 Å². The van der Waals surface area contributed by atoms with Crippen LogP contribution in [0.5, 0.6) is 5.75 Å². The molecule has 0 bridgehead atoms. The molecule has 0 N–H and O–H groups in total. The Balaban J connectivity index is 2.14. The summed E-state index contributed by atoms with van der Waals surface area (Å²) in [6.45, 7) is 0. The van der Waals surface area contributed by atoms with Crippen LogP contribution in [0.25, 0.3) is 6.20 Å². The number of allylic oxidation sites excluding steroid dienone is 1. The lowest BCUT2D eigenvalue weighted by Crippen LogP contribution is -2.25. The van der Waals surface area contributed by atoms with Crippen molar-refractivity contribution in [3.63, 3.8) is 0 Å². The molecular formula is C14H10BrNO2. The van der Waals surface area contributed by atoms with Gasteiger partial charge in [-0.2, -0.15) is 4.57 Å². The van der Waals surface area contributed by atoms with E-state index < -0.39 is 0 Å². The molecule has 0 aliphatic rings. The normalized spacial score (nSPS) is 10.7. The monoisotopic (exact) mass is 303 g/mol. The van der Waals surface area contributed by atoms with E-state index in [9.17, 15) is 9.90 Å². The third-order valence-electron chi connectivity index (χ3n) is 2.32. The van der Waals surface area contributed by atoms with Crippen molar-refractivity contribution in [3.05, 3.63) is 64.9 Å². The number of rotatable bonds is 3. The van der Waals surface area contributed by atoms with Crippen LogP contribution in [0.2, 0.25) is 0 Å². The molecule has 0 aliphatic heterocycles. The van der Waals surface area contributed by atoms with Crippen LogP contribution < -0.4 is 9.67 Å². The van der Waals surface area contributed by atoms with E-state index in [0.717, 1.165) is 4.47 Å². The number of hydrogen-bond donors (Lipinski definition) is 0. The van der Waals surface area contributed by atoms with E-state index in [1.807, 2.05) is 12.1 Å². The molecule has 18 heavy (non-hydrogen) atoms. The molecule has 0 atom stereocenters. The van der Waals surface area contributed by atoms with Crippen molar-refractivity contribution < 1.29 is 14.5 Å². The second-order valence-electron chi connectivity index (χ2n) is 3.67. The minimum atomic E-state index is -0.105. The zero-order chi connectivity index (χ0) is 13.0. The molecule has 0 saturated heterocycles. The van der Waals surface area contributed by atoms with Crippen LogP contribution in [0.4, 0.5) is 0 Å². The molecule has 2 aromatic rings. The summed E-state index contributed by atoms with van der Waals surface area (Å²) in [7, 11) is 0. The van der Waals surface area contributed by atoms with Crippen molar-refractivity contribution >= 4 is 27.9 Å². The van der Waals surface area contributed by atoms with Crippen molar-refractivity contribution in [2.75, 3.05) is 0 Å². The molecule has 3 nitrogen and oxygen atoms in total. The quantitative estimate of drug-likeness (QED) is 0.495. The maximum absolute atomic E-state index is 11.8. The van der Waals surface area contributed by atoms with Gasteiger partial charge in [0, 0.05) is 16.1 Å². The third kappa shape index (κ3) is 3.28. The topological polar surface area (TPSA) is 44.0 Å². The smallest absolute Gasteiger partial charge is 0.191 e. The lowest BCUT2D eigenvalue weighted by Gasteiger charge is -1.99. The fraction of sp³-hybridized carbons (Fsp3) is 0. The highest BCUT2D eigenvalue weighted by molar-refractivity contribution is 9.10. The zero-order valence-corrected chi connectivity index (χ0v) is 11.0. The van der Waals surface area contributed by atoms with E-state index in [1.54, 1.807) is 35.2 Å². The Bertz CT molecular complexity index is 591. The Labute approximate surface area is 113 Å². The number of carbonyl (C=O) groups is 1. The second-order valence-corrected chi connectivity index (χ2v) is 4.59. The average Bonchev–Trinajstić information content (AvgIpc) is 2.37. The van der Waals surface area contributed by atoms with Gasteiger partial charge >= 0.3 is 0 Å². The number of hydrogen-bond acceptors (Lipinski definition) is 2. The Hall–Kier alpha value is -1.94. The summed E-state index contributed by atoms with van der Waals surface area (Å²) in [5.74, 6) is -0.204. The highest BCUT2D eigenvalue weighted by atomic mass is 79.9. The molecule has 4 heteroatoms. The van der Waals surface area contributed by atoms with E-state index in [1.165, 1.54) is 18.3 Å². The Morgan fingerprint density at radius 3 is 2.61 bits per heavy atom. The Kier molecular flexibility index (Phi) is 3.89. The molecule has 1 aromatic heterocycles. The van der Waals surface area contributed by atoms with E-state index in [0.29, 0.717) is 5.56 Å². The highest BCUT2D eigenvalue weighted by Gasteiger charge is 2.02. The maximum Gasteiger partial charge on any atom is 0.191 e. The molecule has 0 unspecified atom stereocenters. The first-order chi connectivity index (χ1) is 8.65. The molecule has 1 heterocycles. The number of ketones is 1. The molecular weight excluding hydrogens is 294 g/mol. The molecule has 0 saturated carbocycles. The van der Waals surface area contributed by atoms with Gasteiger partial charge in [-0.25, -0.2) is 0 Å². The lowest BCUT2D eigenvalue weighted by atomic mass is 10.1. The number of nitrogens with zero attached hydrogens (tertiary/aromatic N) is 1. The van der Waals surface area contributed by atoms with Gasteiger partial charge < -0.3 is 5.11 Å². The Morgan fingerprint density at radius 1 is 1.22 bits per heavy atom. The van der Waals surface area contributed by atoms with Gasteiger partial charge in [-0.05, 0) is 30.0 Å². The molecule has 90 valence electrons. The van der Waals surface area contributed by atoms with Gasteiger partial charge in [0.1, 0.15) is 0 Å². The van der Waals surface area contributed by atoms with E-state index >= 15 is 0 Å². The second kappa shape index (κ2) is 5.60. The van der Waals surface area contributed by atoms with Crippen LogP contribution in [-0.4, -0.2) is 5.78 Å². The lowest BCUT2D eigenvalue weighted by molar-refractivity contribution is -0.572. The summed E-state index contributed by atoms with van der Waals surface area (Å²) < 4.78 is 2.48. The van der Waals surface area contributed by atoms with E-state index in [2.05, 4.69) is 15.9 Å². The molecule has 0 aliphatic carbocycles. The standard InChI is InChI=1S/C14H10BrNO2/c15-12-5-3-11(4-6-12)14(18)7-9-16-8-1-2-13(17)10-16/h1-10H/b9-7+. The number of pyridine rings is 1. The third-order valence-corrected chi connectivity index (χ3v) is 2.85. The zero-order valence-electron chi connectivity index (χ0n) is 9.42. The molecule has 0 spiro atoms. The molecule has 0 fully saturated rings. The largest absolute Gasteiger partial charge is 0.868 e. The SMILES string of the molecule is O=C(/C=C/[n+]1cccc([O-])c1)c1ccc(Br)cc1. The highest BCUT2D eigenvalue weighted by Crippen LogP contribution is 2.11. The first-order valence-electron chi connectivity index (χ1n) is 5.31. The first kappa shape index (κ1) is 12.5. The maximum atomic E-state index is 11.8. The van der Waals surface area contributed by atoms with Crippen molar-refractivity contribution in [3.8, 4) is 5.75 Å². The summed E-state index contributed by atoms with van der Waals surface area (Å²) >= 11 is 3.31. The number of carbonyl (C=O) groups excluding carboxylic acids is 1. The molecule has 0 amide bonds. The van der Waals surface area contributed by atoms with E-state index in [-0.39, 0.29) is 11.5 Å². The summed E-state index contributed by atoms with van der Waals surface area (Å²) in [5, 5.41) is 11.1. The minimum Gasteiger partial charge on any atom is -0.868 e. The molecule has 2 rings (SSSR count). The summed E-state index contributed by atoms with van der Waals surface area (Å²) in [4.78, 5) is 11.8. The fourth-order valence-electron chi connectivity index (χ4n) is 1.43. The van der Waals surface area contributed by atoms with Crippen LogP contribution in [0.3, 0.4) is 0 Å². The average molecular weight is 304 g/mol. The minimum absolute atomic E-state index is 0.0989. The summed E-state index contributed by atoms with van der Waals surface area (Å²) in [5.41, 5.74) is 0.605. The van der Waals surface area contributed by atoms with Gasteiger partial charge in [0.25, 0.3) is 0 Å². The summed E-state index contributed by atoms with van der Waals surface area (Å²) in [6.07, 6.45) is 6.10. The van der Waals surface area contributed by atoms with Crippen LogP contribution in [0.1, 0.15) is 10.4 Å². The Morgan fingerprint density at radius 2 is 1.94 bits per heavy atom. The summed E-state index contributed by atoms with van der Waals surface area (Å²) in [6, 6.07) is 10.2. The van der Waals surface area contributed by atoms with Crippen LogP contribution in [0.15, 0.2) is 59.3 Å².